The van der Waals surface area contributed by atoms with Gasteiger partial charge in [0.25, 0.3) is 5.91 Å². The quantitative estimate of drug-likeness (QED) is 0.551. The summed E-state index contributed by atoms with van der Waals surface area (Å²) in [6.45, 7) is 1.69. The van der Waals surface area contributed by atoms with Crippen LogP contribution in [0.1, 0.15) is 6.92 Å². The van der Waals surface area contributed by atoms with Gasteiger partial charge in [-0.15, -0.1) is 0 Å². The fourth-order valence-corrected chi connectivity index (χ4v) is 0.418. The minimum atomic E-state index is -0.387. The third-order valence-electron chi connectivity index (χ3n) is 1.06. The molecule has 0 bridgehead atoms. The maximum absolute atomic E-state index is 10.9. The van der Waals surface area contributed by atoms with E-state index in [1.54, 1.807) is 26.0 Å². The number of hydrogen-bond donors (Lipinski definition) is 1. The van der Waals surface area contributed by atoms with E-state index in [1.165, 1.54) is 7.11 Å². The first-order valence-electron chi connectivity index (χ1n) is 3.08. The van der Waals surface area contributed by atoms with Crippen LogP contribution < -0.4 is 5.43 Å². The number of nitrogens with one attached hydrogen (secondary N) is 1. The van der Waals surface area contributed by atoms with Crippen LogP contribution in [0.15, 0.2) is 0 Å². The molecule has 1 atom stereocenters. The summed E-state index contributed by atoms with van der Waals surface area (Å²) in [7, 11) is 5.00. The lowest BCUT2D eigenvalue weighted by Crippen LogP contribution is -2.42. The van der Waals surface area contributed by atoms with Gasteiger partial charge in [0.05, 0.1) is 0 Å². The van der Waals surface area contributed by atoms with Gasteiger partial charge in [-0.1, -0.05) is 0 Å². The van der Waals surface area contributed by atoms with Crippen LogP contribution in [-0.4, -0.2) is 38.2 Å². The van der Waals surface area contributed by atoms with Crippen molar-refractivity contribution in [2.75, 3.05) is 21.2 Å². The molecule has 1 amide bonds. The second-order valence-electron chi connectivity index (χ2n) is 2.25. The Morgan fingerprint density at radius 3 is 2.40 bits per heavy atom. The maximum atomic E-state index is 10.9. The van der Waals surface area contributed by atoms with Crippen molar-refractivity contribution in [1.82, 2.24) is 10.4 Å². The summed E-state index contributed by atoms with van der Waals surface area (Å²) in [5.74, 6) is -0.132. The Hall–Kier alpha value is -0.610. The summed E-state index contributed by atoms with van der Waals surface area (Å²) in [5.41, 5.74) is 2.56. The molecule has 0 saturated carbocycles. The van der Waals surface area contributed by atoms with Crippen molar-refractivity contribution in [2.45, 2.75) is 13.0 Å². The fraction of sp³-hybridized carbons (Fsp3) is 0.833. The van der Waals surface area contributed by atoms with Gasteiger partial charge in [0.2, 0.25) is 0 Å². The van der Waals surface area contributed by atoms with Crippen LogP contribution in [0.2, 0.25) is 0 Å². The minimum Gasteiger partial charge on any atom is -0.372 e. The van der Waals surface area contributed by atoms with E-state index in [0.717, 1.165) is 0 Å². The summed E-state index contributed by atoms with van der Waals surface area (Å²) >= 11 is 0. The molecule has 0 aliphatic heterocycles. The van der Waals surface area contributed by atoms with Crippen LogP contribution in [0.25, 0.3) is 0 Å². The Bertz CT molecular complexity index is 114. The molecule has 0 radical (unpaired) electrons. The van der Waals surface area contributed by atoms with E-state index in [0.29, 0.717) is 0 Å². The SMILES string of the molecule is COC(C)C(=O)NN(C)C. The predicted molar refractivity (Wildman–Crippen MR) is 38.3 cm³/mol. The highest BCUT2D eigenvalue weighted by atomic mass is 16.5. The van der Waals surface area contributed by atoms with Crippen LogP contribution in [0.3, 0.4) is 0 Å². The molecule has 10 heavy (non-hydrogen) atoms. The van der Waals surface area contributed by atoms with Crippen molar-refractivity contribution < 1.29 is 9.53 Å². The van der Waals surface area contributed by atoms with Crippen LogP contribution in [0, 0.1) is 0 Å². The molecule has 1 unspecified atom stereocenters. The number of carbonyl (C=O) groups is 1. The molecule has 0 aromatic heterocycles. The summed E-state index contributed by atoms with van der Waals surface area (Å²) in [5, 5.41) is 1.58. The van der Waals surface area contributed by atoms with Crippen molar-refractivity contribution in [3.63, 3.8) is 0 Å². The Balaban J connectivity index is 3.62. The van der Waals surface area contributed by atoms with E-state index in [2.05, 4.69) is 5.43 Å². The van der Waals surface area contributed by atoms with Gasteiger partial charge in [-0.05, 0) is 6.92 Å². The topological polar surface area (TPSA) is 41.6 Å². The Morgan fingerprint density at radius 2 is 2.10 bits per heavy atom. The van der Waals surface area contributed by atoms with Gasteiger partial charge in [0, 0.05) is 21.2 Å². The average Bonchev–Trinajstić information content (AvgIpc) is 1.85. The summed E-state index contributed by atoms with van der Waals surface area (Å²) in [4.78, 5) is 10.9. The monoisotopic (exact) mass is 146 g/mol. The van der Waals surface area contributed by atoms with Gasteiger partial charge in [-0.2, -0.15) is 0 Å². The normalized spacial score (nSPS) is 13.3. The zero-order valence-electron chi connectivity index (χ0n) is 6.84. The number of hydrazine groups is 1. The highest BCUT2D eigenvalue weighted by molar-refractivity contribution is 5.79. The number of hydrogen-bond acceptors (Lipinski definition) is 3. The smallest absolute Gasteiger partial charge is 0.263 e. The molecule has 0 spiro atoms. The van der Waals surface area contributed by atoms with Crippen molar-refractivity contribution in [3.05, 3.63) is 0 Å². The van der Waals surface area contributed by atoms with E-state index >= 15 is 0 Å². The minimum absolute atomic E-state index is 0.132. The molecule has 1 N–H and O–H groups in total. The second kappa shape index (κ2) is 4.24. The first-order chi connectivity index (χ1) is 4.57. The van der Waals surface area contributed by atoms with Crippen LogP contribution in [0.5, 0.6) is 0 Å². The summed E-state index contributed by atoms with van der Waals surface area (Å²) in [6.07, 6.45) is -0.387. The Morgan fingerprint density at radius 1 is 1.60 bits per heavy atom. The fourth-order valence-electron chi connectivity index (χ4n) is 0.418. The number of carbonyl (C=O) groups excluding carboxylic acids is 1. The lowest BCUT2D eigenvalue weighted by Gasteiger charge is -2.14. The van der Waals surface area contributed by atoms with E-state index in [1.807, 2.05) is 0 Å². The number of ether oxygens (including phenoxy) is 1. The standard InChI is InChI=1S/C6H14N2O2/c1-5(10-4)6(9)7-8(2)3/h5H,1-4H3,(H,7,9). The Labute approximate surface area is 61.1 Å². The third kappa shape index (κ3) is 3.42. The summed E-state index contributed by atoms with van der Waals surface area (Å²) < 4.78 is 4.77. The Kier molecular flexibility index (Phi) is 3.99. The van der Waals surface area contributed by atoms with Gasteiger partial charge < -0.3 is 4.74 Å². The van der Waals surface area contributed by atoms with Gasteiger partial charge in [-0.25, -0.2) is 5.01 Å². The second-order valence-corrected chi connectivity index (χ2v) is 2.25. The zero-order valence-corrected chi connectivity index (χ0v) is 6.84. The average molecular weight is 146 g/mol. The van der Waals surface area contributed by atoms with Crippen LogP contribution >= 0.6 is 0 Å². The molecule has 0 rings (SSSR count). The molecule has 60 valence electrons. The first-order valence-corrected chi connectivity index (χ1v) is 3.08. The van der Waals surface area contributed by atoms with Crippen molar-refractivity contribution in [3.8, 4) is 0 Å². The van der Waals surface area contributed by atoms with Crippen LogP contribution in [0.4, 0.5) is 0 Å². The van der Waals surface area contributed by atoms with E-state index in [9.17, 15) is 4.79 Å². The lowest BCUT2D eigenvalue weighted by molar-refractivity contribution is -0.134. The molecule has 4 heteroatoms. The molecule has 0 aromatic rings. The maximum Gasteiger partial charge on any atom is 0.263 e. The molecule has 0 aliphatic rings. The van der Waals surface area contributed by atoms with Gasteiger partial charge >= 0.3 is 0 Å². The largest absolute Gasteiger partial charge is 0.372 e. The van der Waals surface area contributed by atoms with Gasteiger partial charge in [-0.3, -0.25) is 10.2 Å². The zero-order chi connectivity index (χ0) is 8.15. The predicted octanol–water partition coefficient (Wildman–Crippen LogP) is -0.386. The molecule has 0 heterocycles. The molecular weight excluding hydrogens is 132 g/mol. The number of nitrogens with zero attached hydrogens (tertiary/aromatic N) is 1. The van der Waals surface area contributed by atoms with Crippen LogP contribution in [-0.2, 0) is 9.53 Å². The number of methoxy groups -OCH3 is 1. The molecule has 0 aromatic carbocycles. The van der Waals surface area contributed by atoms with Gasteiger partial charge in [0.1, 0.15) is 6.10 Å². The van der Waals surface area contributed by atoms with E-state index in [4.69, 9.17) is 4.74 Å². The third-order valence-corrected chi connectivity index (χ3v) is 1.06. The highest BCUT2D eigenvalue weighted by Crippen LogP contribution is 1.85. The molecule has 0 fully saturated rings. The molecular formula is C6H14N2O2. The molecule has 0 saturated heterocycles. The summed E-state index contributed by atoms with van der Waals surface area (Å²) in [6, 6.07) is 0. The number of rotatable bonds is 3. The number of amides is 1. The molecule has 0 aliphatic carbocycles. The van der Waals surface area contributed by atoms with Crippen molar-refractivity contribution in [1.29, 1.82) is 0 Å². The lowest BCUT2D eigenvalue weighted by atomic mass is 10.4. The first kappa shape index (κ1) is 9.39. The van der Waals surface area contributed by atoms with E-state index < -0.39 is 0 Å². The van der Waals surface area contributed by atoms with E-state index in [-0.39, 0.29) is 12.0 Å². The highest BCUT2D eigenvalue weighted by Gasteiger charge is 2.10. The van der Waals surface area contributed by atoms with Gasteiger partial charge in [0.15, 0.2) is 0 Å². The molecule has 4 nitrogen and oxygen atoms in total. The van der Waals surface area contributed by atoms with Crippen molar-refractivity contribution in [2.24, 2.45) is 0 Å². The van der Waals surface area contributed by atoms with Crippen molar-refractivity contribution >= 4 is 5.91 Å².